The maximum Gasteiger partial charge on any atom is 0.160 e. The van der Waals surface area contributed by atoms with Crippen molar-refractivity contribution >= 4 is 0 Å². The first-order valence-corrected chi connectivity index (χ1v) is 3.64. The van der Waals surface area contributed by atoms with Crippen molar-refractivity contribution in [2.24, 2.45) is 5.41 Å². The zero-order valence-corrected chi connectivity index (χ0v) is 7.09. The average Bonchev–Trinajstić information content (AvgIpc) is 1.86. The van der Waals surface area contributed by atoms with Crippen LogP contribution in [-0.4, -0.2) is 11.2 Å². The Bertz CT molecular complexity index is 196. The monoisotopic (exact) mass is 153 g/mol. The third-order valence-corrected chi connectivity index (χ3v) is 1.55. The highest BCUT2D eigenvalue weighted by Crippen LogP contribution is 2.28. The van der Waals surface area contributed by atoms with E-state index in [0.29, 0.717) is 0 Å². The van der Waals surface area contributed by atoms with Crippen molar-refractivity contribution in [1.82, 2.24) is 0 Å². The Labute approximate surface area is 67.2 Å². The van der Waals surface area contributed by atoms with Crippen molar-refractivity contribution in [2.75, 3.05) is 0 Å². The van der Waals surface area contributed by atoms with Gasteiger partial charge < -0.3 is 9.84 Å². The quantitative estimate of drug-likeness (QED) is 0.578. The van der Waals surface area contributed by atoms with Crippen LogP contribution in [0, 0.1) is 11.5 Å². The van der Waals surface area contributed by atoms with E-state index in [0.717, 1.165) is 0 Å². The lowest BCUT2D eigenvalue weighted by Gasteiger charge is -2.30. The molecule has 1 N–H and O–H groups in total. The minimum Gasteiger partial charge on any atom is -0.508 e. The van der Waals surface area contributed by atoms with Crippen LogP contribution in [0.2, 0.25) is 0 Å². The van der Waals surface area contributed by atoms with Gasteiger partial charge in [0.1, 0.15) is 5.76 Å². The number of allylic oxidation sites excluding steroid dienone is 2. The van der Waals surface area contributed by atoms with Gasteiger partial charge in [-0.1, -0.05) is 20.8 Å². The van der Waals surface area contributed by atoms with Crippen molar-refractivity contribution in [3.05, 3.63) is 24.2 Å². The Kier molecular flexibility index (Phi) is 1.94. The summed E-state index contributed by atoms with van der Waals surface area (Å²) in [6, 6.07) is 0. The fourth-order valence-electron chi connectivity index (χ4n) is 0.992. The Morgan fingerprint density at radius 1 is 1.55 bits per heavy atom. The van der Waals surface area contributed by atoms with E-state index in [9.17, 15) is 5.11 Å². The van der Waals surface area contributed by atoms with E-state index in [2.05, 4.69) is 6.08 Å². The van der Waals surface area contributed by atoms with Gasteiger partial charge in [-0.05, 0) is 6.08 Å². The second kappa shape index (κ2) is 2.61. The lowest BCUT2D eigenvalue weighted by molar-refractivity contribution is 0.0369. The van der Waals surface area contributed by atoms with Gasteiger partial charge in [0, 0.05) is 11.5 Å². The van der Waals surface area contributed by atoms with E-state index in [1.54, 1.807) is 12.3 Å². The van der Waals surface area contributed by atoms with Gasteiger partial charge in [-0.2, -0.15) is 0 Å². The van der Waals surface area contributed by atoms with E-state index in [1.165, 1.54) is 0 Å². The van der Waals surface area contributed by atoms with Gasteiger partial charge in [-0.25, -0.2) is 0 Å². The fraction of sp³-hybridized carbons (Fsp3) is 0.556. The minimum absolute atomic E-state index is 0.0815. The predicted molar refractivity (Wildman–Crippen MR) is 42.9 cm³/mol. The molecular weight excluding hydrogens is 140 g/mol. The van der Waals surface area contributed by atoms with E-state index >= 15 is 0 Å². The molecule has 0 saturated carbocycles. The molecule has 1 rings (SSSR count). The van der Waals surface area contributed by atoms with Crippen LogP contribution in [-0.2, 0) is 4.74 Å². The summed E-state index contributed by atoms with van der Waals surface area (Å²) in [6.45, 7) is 6.03. The third-order valence-electron chi connectivity index (χ3n) is 1.55. The molecule has 1 aliphatic heterocycles. The van der Waals surface area contributed by atoms with E-state index < -0.39 is 0 Å². The van der Waals surface area contributed by atoms with E-state index in [-0.39, 0.29) is 17.3 Å². The molecular formula is C9H13O2. The number of hydrogen-bond acceptors (Lipinski definition) is 2. The minimum atomic E-state index is -0.257. The molecule has 0 fully saturated rings. The molecule has 0 aliphatic carbocycles. The first-order valence-electron chi connectivity index (χ1n) is 3.64. The molecule has 0 saturated heterocycles. The van der Waals surface area contributed by atoms with Gasteiger partial charge in [0.15, 0.2) is 6.10 Å². The summed E-state index contributed by atoms with van der Waals surface area (Å²) in [5, 5.41) is 9.33. The van der Waals surface area contributed by atoms with Crippen LogP contribution >= 0.6 is 0 Å². The molecule has 11 heavy (non-hydrogen) atoms. The standard InChI is InChI=1S/C9H13O2/c1-9(2,3)8-7(10)5-4-6-11-8/h4,6,8,10H,1-3H3. The molecule has 1 aliphatic rings. The van der Waals surface area contributed by atoms with Crippen LogP contribution in [0.5, 0.6) is 0 Å². The molecule has 2 heteroatoms. The second-order valence-electron chi connectivity index (χ2n) is 3.71. The lowest BCUT2D eigenvalue weighted by atomic mass is 9.87. The van der Waals surface area contributed by atoms with Crippen molar-refractivity contribution < 1.29 is 9.84 Å². The molecule has 0 bridgehead atoms. The van der Waals surface area contributed by atoms with Crippen molar-refractivity contribution in [3.63, 3.8) is 0 Å². The molecule has 1 heterocycles. The average molecular weight is 153 g/mol. The highest BCUT2D eigenvalue weighted by Gasteiger charge is 2.30. The Balaban J connectivity index is 2.76. The lowest BCUT2D eigenvalue weighted by Crippen LogP contribution is -2.30. The van der Waals surface area contributed by atoms with Crippen LogP contribution in [0.3, 0.4) is 0 Å². The van der Waals surface area contributed by atoms with Gasteiger partial charge in [0.05, 0.1) is 6.26 Å². The summed E-state index contributed by atoms with van der Waals surface area (Å²) in [7, 11) is 0. The number of aliphatic hydroxyl groups excluding tert-OH is 1. The van der Waals surface area contributed by atoms with E-state index in [1.807, 2.05) is 20.8 Å². The molecule has 0 aromatic rings. The summed E-state index contributed by atoms with van der Waals surface area (Å²) >= 11 is 0. The molecule has 61 valence electrons. The maximum atomic E-state index is 9.33. The van der Waals surface area contributed by atoms with Crippen molar-refractivity contribution in [3.8, 4) is 0 Å². The van der Waals surface area contributed by atoms with E-state index in [4.69, 9.17) is 4.74 Å². The fourth-order valence-corrected chi connectivity index (χ4v) is 0.992. The number of ether oxygens (including phenoxy) is 1. The zero-order chi connectivity index (χ0) is 8.48. The molecule has 1 unspecified atom stereocenters. The highest BCUT2D eigenvalue weighted by molar-refractivity contribution is 5.10. The molecule has 2 nitrogen and oxygen atoms in total. The Morgan fingerprint density at radius 3 is 2.55 bits per heavy atom. The summed E-state index contributed by atoms with van der Waals surface area (Å²) in [5.74, 6) is 0.181. The van der Waals surface area contributed by atoms with Gasteiger partial charge in [-0.3, -0.25) is 0 Å². The largest absolute Gasteiger partial charge is 0.508 e. The highest BCUT2D eigenvalue weighted by atomic mass is 16.5. The van der Waals surface area contributed by atoms with Gasteiger partial charge >= 0.3 is 0 Å². The summed E-state index contributed by atoms with van der Waals surface area (Å²) < 4.78 is 5.22. The van der Waals surface area contributed by atoms with Crippen LogP contribution in [0.25, 0.3) is 0 Å². The number of rotatable bonds is 0. The molecule has 1 radical (unpaired) electrons. The maximum absolute atomic E-state index is 9.33. The molecule has 1 atom stereocenters. The Morgan fingerprint density at radius 2 is 2.18 bits per heavy atom. The third kappa shape index (κ3) is 1.76. The van der Waals surface area contributed by atoms with Crippen LogP contribution < -0.4 is 0 Å². The predicted octanol–water partition coefficient (Wildman–Crippen LogP) is 2.19. The topological polar surface area (TPSA) is 29.5 Å². The van der Waals surface area contributed by atoms with Crippen molar-refractivity contribution in [2.45, 2.75) is 26.9 Å². The molecule has 0 aromatic carbocycles. The number of hydrogen-bond donors (Lipinski definition) is 1. The van der Waals surface area contributed by atoms with Gasteiger partial charge in [0.25, 0.3) is 0 Å². The normalized spacial score (nSPS) is 24.3. The molecule has 0 amide bonds. The number of aliphatic hydroxyl groups is 1. The van der Waals surface area contributed by atoms with Crippen LogP contribution in [0.4, 0.5) is 0 Å². The molecule has 0 spiro atoms. The first-order chi connectivity index (χ1) is 5.02. The summed E-state index contributed by atoms with van der Waals surface area (Å²) in [6.07, 6.45) is 5.57. The van der Waals surface area contributed by atoms with Crippen LogP contribution in [0.15, 0.2) is 18.1 Å². The SMILES string of the molecule is CC(C)(C)C1OC=C[C]=C1O. The van der Waals surface area contributed by atoms with Crippen LogP contribution in [0.1, 0.15) is 20.8 Å². The van der Waals surface area contributed by atoms with Crippen molar-refractivity contribution in [1.29, 1.82) is 0 Å². The summed E-state index contributed by atoms with van der Waals surface area (Å²) in [5.41, 5.74) is -0.0815. The van der Waals surface area contributed by atoms with Gasteiger partial charge in [0.2, 0.25) is 0 Å². The zero-order valence-electron chi connectivity index (χ0n) is 7.09. The smallest absolute Gasteiger partial charge is 0.160 e. The molecule has 0 aromatic heterocycles. The summed E-state index contributed by atoms with van der Waals surface area (Å²) in [4.78, 5) is 0. The van der Waals surface area contributed by atoms with Gasteiger partial charge in [-0.15, -0.1) is 0 Å². The second-order valence-corrected chi connectivity index (χ2v) is 3.71. The first kappa shape index (κ1) is 8.18. The Hall–Kier alpha value is -0.920.